The van der Waals surface area contributed by atoms with Crippen molar-refractivity contribution in [3.8, 4) is 11.5 Å². The van der Waals surface area contributed by atoms with Gasteiger partial charge in [-0.25, -0.2) is 8.42 Å². The van der Waals surface area contributed by atoms with E-state index in [1.807, 2.05) is 6.07 Å². The van der Waals surface area contributed by atoms with Crippen molar-refractivity contribution in [1.29, 1.82) is 0 Å². The van der Waals surface area contributed by atoms with E-state index in [0.717, 1.165) is 5.56 Å². The van der Waals surface area contributed by atoms with Gasteiger partial charge in [0.2, 0.25) is 15.9 Å². The van der Waals surface area contributed by atoms with Crippen molar-refractivity contribution < 1.29 is 27.4 Å². The molecule has 140 valence electrons. The van der Waals surface area contributed by atoms with E-state index in [0.29, 0.717) is 37.8 Å². The van der Waals surface area contributed by atoms with Gasteiger partial charge in [0, 0.05) is 26.1 Å². The lowest BCUT2D eigenvalue weighted by Gasteiger charge is -2.25. The highest BCUT2D eigenvalue weighted by Crippen LogP contribution is 2.27. The van der Waals surface area contributed by atoms with Gasteiger partial charge in [0.15, 0.2) is 11.5 Å². The molecule has 1 amide bonds. The summed E-state index contributed by atoms with van der Waals surface area (Å²) in [5.74, 6) is 0.662. The van der Waals surface area contributed by atoms with Crippen LogP contribution in [0.4, 0.5) is 0 Å². The molecular formula is C16H24N2O6S. The third-order valence-electron chi connectivity index (χ3n) is 3.89. The Kier molecular flexibility index (Phi) is 7.03. The van der Waals surface area contributed by atoms with E-state index in [1.165, 1.54) is 11.4 Å². The zero-order chi connectivity index (χ0) is 18.3. The van der Waals surface area contributed by atoms with Crippen LogP contribution in [0.15, 0.2) is 18.2 Å². The first-order valence-electron chi connectivity index (χ1n) is 7.99. The molecule has 0 radical (unpaired) electrons. The molecule has 0 aliphatic carbocycles. The van der Waals surface area contributed by atoms with Crippen LogP contribution in [0.3, 0.4) is 0 Å². The number of carbonyl (C=O) groups is 1. The Morgan fingerprint density at radius 2 is 1.88 bits per heavy atom. The molecule has 8 nitrogen and oxygen atoms in total. The van der Waals surface area contributed by atoms with Crippen LogP contribution in [0, 0.1) is 0 Å². The van der Waals surface area contributed by atoms with Crippen LogP contribution in [-0.4, -0.2) is 64.9 Å². The van der Waals surface area contributed by atoms with Crippen LogP contribution in [0.25, 0.3) is 0 Å². The van der Waals surface area contributed by atoms with Crippen LogP contribution in [0.5, 0.6) is 11.5 Å². The molecule has 1 aliphatic heterocycles. The quantitative estimate of drug-likeness (QED) is 0.709. The summed E-state index contributed by atoms with van der Waals surface area (Å²) < 4.78 is 41.2. The number of methoxy groups -OCH3 is 2. The van der Waals surface area contributed by atoms with E-state index in [9.17, 15) is 13.2 Å². The lowest BCUT2D eigenvalue weighted by molar-refractivity contribution is -0.120. The standard InChI is InChI=1S/C16H24N2O6S/c1-22-14-4-3-13(11-15(14)23-2)12-17-16(19)5-10-25(20,21)18-6-8-24-9-7-18/h3-4,11H,5-10,12H2,1-2H3,(H,17,19). The number of amides is 1. The van der Waals surface area contributed by atoms with Gasteiger partial charge >= 0.3 is 0 Å². The van der Waals surface area contributed by atoms with E-state index in [2.05, 4.69) is 5.32 Å². The summed E-state index contributed by atoms with van der Waals surface area (Å²) in [4.78, 5) is 11.9. The minimum atomic E-state index is -3.43. The Morgan fingerprint density at radius 3 is 2.52 bits per heavy atom. The Bertz CT molecular complexity index is 686. The predicted octanol–water partition coefficient (Wildman–Crippen LogP) is 0.372. The van der Waals surface area contributed by atoms with Crippen LogP contribution < -0.4 is 14.8 Å². The number of hydrogen-bond acceptors (Lipinski definition) is 6. The van der Waals surface area contributed by atoms with Crippen molar-refractivity contribution >= 4 is 15.9 Å². The summed E-state index contributed by atoms with van der Waals surface area (Å²) in [5, 5.41) is 2.72. The highest BCUT2D eigenvalue weighted by atomic mass is 32.2. The molecule has 1 heterocycles. The van der Waals surface area contributed by atoms with Gasteiger partial charge in [-0.05, 0) is 17.7 Å². The molecule has 0 aromatic heterocycles. The lowest BCUT2D eigenvalue weighted by atomic mass is 10.2. The van der Waals surface area contributed by atoms with Gasteiger partial charge in [0.1, 0.15) is 0 Å². The molecule has 1 aromatic carbocycles. The van der Waals surface area contributed by atoms with Crippen LogP contribution in [0.2, 0.25) is 0 Å². The van der Waals surface area contributed by atoms with Crippen molar-refractivity contribution in [2.45, 2.75) is 13.0 Å². The summed E-state index contributed by atoms with van der Waals surface area (Å²) in [7, 11) is -0.337. The molecule has 1 saturated heterocycles. The molecule has 1 fully saturated rings. The van der Waals surface area contributed by atoms with Gasteiger partial charge in [-0.3, -0.25) is 4.79 Å². The molecule has 2 rings (SSSR count). The maximum Gasteiger partial charge on any atom is 0.221 e. The normalized spacial score (nSPS) is 15.6. The lowest BCUT2D eigenvalue weighted by Crippen LogP contribution is -2.42. The first-order valence-corrected chi connectivity index (χ1v) is 9.60. The third kappa shape index (κ3) is 5.58. The Morgan fingerprint density at radius 1 is 1.20 bits per heavy atom. The first kappa shape index (κ1) is 19.5. The molecule has 1 N–H and O–H groups in total. The Labute approximate surface area is 148 Å². The second kappa shape index (κ2) is 9.02. The van der Waals surface area contributed by atoms with Gasteiger partial charge in [-0.1, -0.05) is 6.07 Å². The summed E-state index contributed by atoms with van der Waals surface area (Å²) in [6, 6.07) is 5.33. The largest absolute Gasteiger partial charge is 0.493 e. The van der Waals surface area contributed by atoms with Crippen molar-refractivity contribution in [2.24, 2.45) is 0 Å². The van der Waals surface area contributed by atoms with E-state index in [1.54, 1.807) is 19.2 Å². The van der Waals surface area contributed by atoms with Gasteiger partial charge < -0.3 is 19.5 Å². The third-order valence-corrected chi connectivity index (χ3v) is 5.76. The van der Waals surface area contributed by atoms with Crippen molar-refractivity contribution in [2.75, 3.05) is 46.3 Å². The zero-order valence-electron chi connectivity index (χ0n) is 14.5. The zero-order valence-corrected chi connectivity index (χ0v) is 15.3. The van der Waals surface area contributed by atoms with Gasteiger partial charge in [-0.2, -0.15) is 4.31 Å². The van der Waals surface area contributed by atoms with E-state index in [-0.39, 0.29) is 24.6 Å². The predicted molar refractivity (Wildman–Crippen MR) is 92.2 cm³/mol. The molecule has 0 saturated carbocycles. The van der Waals surface area contributed by atoms with Gasteiger partial charge in [0.05, 0.1) is 33.2 Å². The van der Waals surface area contributed by atoms with Gasteiger partial charge in [0.25, 0.3) is 0 Å². The molecule has 9 heteroatoms. The molecular weight excluding hydrogens is 348 g/mol. The fourth-order valence-corrected chi connectivity index (χ4v) is 3.86. The van der Waals surface area contributed by atoms with E-state index >= 15 is 0 Å². The Hall–Kier alpha value is -1.84. The molecule has 0 spiro atoms. The first-order chi connectivity index (χ1) is 12.0. The fourth-order valence-electron chi connectivity index (χ4n) is 2.46. The van der Waals surface area contributed by atoms with Crippen molar-refractivity contribution in [3.63, 3.8) is 0 Å². The summed E-state index contributed by atoms with van der Waals surface area (Å²) in [5.41, 5.74) is 0.835. The van der Waals surface area contributed by atoms with Crippen molar-refractivity contribution in [1.82, 2.24) is 9.62 Å². The SMILES string of the molecule is COc1ccc(CNC(=O)CCS(=O)(=O)N2CCOCC2)cc1OC. The summed E-state index contributed by atoms with van der Waals surface area (Å²) in [6.07, 6.45) is -0.0764. The average Bonchev–Trinajstić information content (AvgIpc) is 2.65. The highest BCUT2D eigenvalue weighted by molar-refractivity contribution is 7.89. The minimum absolute atomic E-state index is 0.0764. The maximum absolute atomic E-state index is 12.2. The van der Waals surface area contributed by atoms with Crippen LogP contribution >= 0.6 is 0 Å². The van der Waals surface area contributed by atoms with Crippen LogP contribution in [0.1, 0.15) is 12.0 Å². The Balaban J connectivity index is 1.82. The number of rotatable bonds is 8. The molecule has 0 bridgehead atoms. The number of sulfonamides is 1. The highest BCUT2D eigenvalue weighted by Gasteiger charge is 2.24. The number of morpholine rings is 1. The molecule has 0 unspecified atom stereocenters. The fraction of sp³-hybridized carbons (Fsp3) is 0.562. The van der Waals surface area contributed by atoms with E-state index < -0.39 is 10.0 Å². The average molecular weight is 372 g/mol. The second-order valence-corrected chi connectivity index (χ2v) is 7.63. The number of benzene rings is 1. The molecule has 0 atom stereocenters. The molecule has 1 aromatic rings. The molecule has 25 heavy (non-hydrogen) atoms. The van der Waals surface area contributed by atoms with Gasteiger partial charge in [-0.15, -0.1) is 0 Å². The second-order valence-electron chi connectivity index (χ2n) is 5.54. The monoisotopic (exact) mass is 372 g/mol. The smallest absolute Gasteiger partial charge is 0.221 e. The number of nitrogens with zero attached hydrogens (tertiary/aromatic N) is 1. The number of carbonyl (C=O) groups excluding carboxylic acids is 1. The minimum Gasteiger partial charge on any atom is -0.493 e. The number of hydrogen-bond donors (Lipinski definition) is 1. The maximum atomic E-state index is 12.2. The van der Waals surface area contributed by atoms with Crippen LogP contribution in [-0.2, 0) is 26.1 Å². The van der Waals surface area contributed by atoms with Crippen molar-refractivity contribution in [3.05, 3.63) is 23.8 Å². The number of ether oxygens (including phenoxy) is 3. The molecule has 1 aliphatic rings. The summed E-state index contributed by atoms with van der Waals surface area (Å²) in [6.45, 7) is 1.76. The summed E-state index contributed by atoms with van der Waals surface area (Å²) >= 11 is 0. The van der Waals surface area contributed by atoms with E-state index in [4.69, 9.17) is 14.2 Å². The number of nitrogens with one attached hydrogen (secondary N) is 1. The topological polar surface area (TPSA) is 94.2 Å².